The van der Waals surface area contributed by atoms with Crippen molar-refractivity contribution in [2.45, 2.75) is 12.4 Å². The van der Waals surface area contributed by atoms with E-state index in [0.717, 1.165) is 28.5 Å². The molecule has 16 aromatic carbocycles. The maximum Gasteiger partial charge on any atom is 0.534 e. The molecule has 0 saturated heterocycles. The van der Waals surface area contributed by atoms with Crippen LogP contribution in [0.4, 0.5) is 22.0 Å². The summed E-state index contributed by atoms with van der Waals surface area (Å²) in [4.78, 5) is 0. The minimum atomic E-state index is -5.85. The molecule has 0 bridgehead atoms. The first-order chi connectivity index (χ1) is 53.1. The molecule has 0 saturated carbocycles. The van der Waals surface area contributed by atoms with Gasteiger partial charge in [0.05, 0.1) is 10.0 Å². The normalized spacial score (nSPS) is 10.9. The molecule has 3 nitrogen and oxygen atoms in total. The zero-order chi connectivity index (χ0) is 76.2. The second-order valence-corrected chi connectivity index (χ2v) is 35.3. The van der Waals surface area contributed by atoms with E-state index >= 15 is 0 Å². The van der Waals surface area contributed by atoms with Gasteiger partial charge >= 0.3 is 15.6 Å². The second kappa shape index (κ2) is 42.0. The fourth-order valence-corrected chi connectivity index (χ4v) is 22.0. The number of hydrogen-bond donors (Lipinski definition) is 0. The Balaban J connectivity index is 0.000000141. The third-order valence-electron chi connectivity index (χ3n) is 16.7. The Morgan fingerprint density at radius 1 is 0.264 bits per heavy atom. The van der Waals surface area contributed by atoms with Crippen LogP contribution in [-0.4, -0.2) is 13.9 Å². The third-order valence-corrected chi connectivity index (χ3v) is 28.2. The zero-order valence-electron chi connectivity index (χ0n) is 59.3. The molecular formula is C94H73Cl2F5O3P4PdS. The molecule has 0 fully saturated rings. The number of halogens is 7. The van der Waals surface area contributed by atoms with Gasteiger partial charge in [0.2, 0.25) is 0 Å². The van der Waals surface area contributed by atoms with Crippen molar-refractivity contribution >= 4 is 150 Å². The fraction of sp³-hybridized carbons (Fsp3) is 0.0213. The van der Waals surface area contributed by atoms with Gasteiger partial charge in [0.25, 0.3) is 0 Å². The van der Waals surface area contributed by atoms with Crippen LogP contribution in [0.25, 0.3) is 21.5 Å². The standard InChI is InChI=1S/4C18H15P.C11H5ClF4O3S.C11H8ClF.Pd/c4*1-4-10-16(11-5-1)19(17-12-6-2-7-13-17)18-14-8-3-9-15-18;12-10-7(13)5-4-6-2-1-3-8(9(6)10)19-20(17,18)11(14,15)16;1-7-3-2-4-8-5-6-9(13)11(12)10(7)8;/h4*1-15H;1-5H;2-6H,1H3;. The Labute approximate surface area is 669 Å². The van der Waals surface area contributed by atoms with Gasteiger partial charge in [-0.1, -0.05) is 430 Å². The van der Waals surface area contributed by atoms with Crippen molar-refractivity contribution in [3.63, 3.8) is 0 Å². The summed E-state index contributed by atoms with van der Waals surface area (Å²) in [5.74, 6) is -1.95. The summed E-state index contributed by atoms with van der Waals surface area (Å²) in [6.07, 6.45) is 0. The zero-order valence-corrected chi connectivity index (χ0v) is 66.8. The van der Waals surface area contributed by atoms with Gasteiger partial charge < -0.3 is 4.18 Å². The summed E-state index contributed by atoms with van der Waals surface area (Å²) in [6, 6.07) is 144. The van der Waals surface area contributed by atoms with Crippen molar-refractivity contribution in [3.8, 4) is 5.75 Å². The molecule has 0 aromatic heterocycles. The van der Waals surface area contributed by atoms with Crippen LogP contribution in [0.1, 0.15) is 5.56 Å². The Hall–Kier alpha value is -9.60. The monoisotopic (exact) mass is 1680 g/mol. The molecule has 0 unspecified atom stereocenters. The van der Waals surface area contributed by atoms with Crippen molar-refractivity contribution in [2.75, 3.05) is 0 Å². The van der Waals surface area contributed by atoms with Gasteiger partial charge in [-0.15, -0.1) is 0 Å². The molecule has 0 spiro atoms. The Morgan fingerprint density at radius 3 is 0.664 bits per heavy atom. The van der Waals surface area contributed by atoms with Crippen molar-refractivity contribution in [1.29, 1.82) is 0 Å². The van der Waals surface area contributed by atoms with Gasteiger partial charge in [0, 0.05) is 31.2 Å². The van der Waals surface area contributed by atoms with E-state index in [1.54, 1.807) is 6.07 Å². The summed E-state index contributed by atoms with van der Waals surface area (Å²) in [7, 11) is -7.64. The maximum atomic E-state index is 13.3. The Bertz CT molecular complexity index is 4680. The van der Waals surface area contributed by atoms with E-state index in [1.165, 1.54) is 87.9 Å². The Morgan fingerprint density at radius 2 is 0.455 bits per heavy atom. The van der Waals surface area contributed by atoms with Gasteiger partial charge in [-0.3, -0.25) is 0 Å². The predicted molar refractivity (Wildman–Crippen MR) is 459 cm³/mol. The van der Waals surface area contributed by atoms with Crippen molar-refractivity contribution < 1.29 is 55.0 Å². The number of fused-ring (bicyclic) bond motifs is 2. The van der Waals surface area contributed by atoms with E-state index < -0.39 is 63.9 Å². The number of aryl methyl sites for hydroxylation is 1. The SMILES string of the molecule is Cc1cccc2ccc(F)c(Cl)c12.O=S(=O)(Oc1cccc2ccc(F)c(Cl)c12)C(F)(F)F.[Pd].c1ccc(P(c2ccccc2)c2ccccc2)cc1.c1ccc(P(c2ccccc2)c2ccccc2)cc1.c1ccc(P(c2ccccc2)c2ccccc2)cc1.c1ccc(P(c2ccccc2)c2ccccc2)cc1. The van der Waals surface area contributed by atoms with Crippen LogP contribution in [-0.2, 0) is 30.5 Å². The fourth-order valence-electron chi connectivity index (χ4n) is 11.7. The van der Waals surface area contributed by atoms with Gasteiger partial charge in [0.15, 0.2) is 5.75 Å². The van der Waals surface area contributed by atoms with E-state index in [-0.39, 0.29) is 42.0 Å². The second-order valence-electron chi connectivity index (χ2n) is 24.1. The van der Waals surface area contributed by atoms with Crippen LogP contribution in [0.2, 0.25) is 10.0 Å². The molecule has 16 heteroatoms. The van der Waals surface area contributed by atoms with E-state index in [0.29, 0.717) is 0 Å². The van der Waals surface area contributed by atoms with E-state index in [2.05, 4.69) is 368 Å². The molecule has 0 heterocycles. The van der Waals surface area contributed by atoms with Crippen LogP contribution in [0.5, 0.6) is 5.75 Å². The van der Waals surface area contributed by atoms with E-state index in [1.807, 2.05) is 25.1 Å². The first kappa shape index (κ1) is 82.9. The van der Waals surface area contributed by atoms with E-state index in [9.17, 15) is 30.4 Å². The Kier molecular flexibility index (Phi) is 31.6. The summed E-state index contributed by atoms with van der Waals surface area (Å²) in [6.45, 7) is 1.92. The molecular weight excluding hydrogens is 1610 g/mol. The van der Waals surface area contributed by atoms with Crippen molar-refractivity contribution in [2.24, 2.45) is 0 Å². The number of rotatable bonds is 14. The predicted octanol–water partition coefficient (Wildman–Crippen LogP) is 21.6. The quantitative estimate of drug-likeness (QED) is 0.0358. The molecule has 110 heavy (non-hydrogen) atoms. The van der Waals surface area contributed by atoms with Gasteiger partial charge in [-0.05, 0) is 137 Å². The van der Waals surface area contributed by atoms with Crippen LogP contribution in [0.15, 0.2) is 425 Å². The van der Waals surface area contributed by atoms with Gasteiger partial charge in [-0.25, -0.2) is 8.78 Å². The first-order valence-electron chi connectivity index (χ1n) is 34.7. The van der Waals surface area contributed by atoms with Crippen LogP contribution < -0.4 is 67.8 Å². The number of hydrogen-bond acceptors (Lipinski definition) is 3. The number of benzene rings is 16. The molecule has 16 aromatic rings. The average Bonchev–Trinajstić information content (AvgIpc) is 0.775. The summed E-state index contributed by atoms with van der Waals surface area (Å²) < 4.78 is 89.2. The summed E-state index contributed by atoms with van der Waals surface area (Å²) in [5.41, 5.74) is -4.59. The smallest absolute Gasteiger partial charge is 0.375 e. The van der Waals surface area contributed by atoms with Crippen molar-refractivity contribution in [3.05, 3.63) is 452 Å². The molecule has 0 aliphatic heterocycles. The third kappa shape index (κ3) is 22.8. The van der Waals surface area contributed by atoms with Crippen LogP contribution >= 0.6 is 54.9 Å². The molecule has 0 N–H and O–H groups in total. The number of alkyl halides is 3. The minimum absolute atomic E-state index is 0. The summed E-state index contributed by atoms with van der Waals surface area (Å²) in [5, 5.41) is 18.3. The van der Waals surface area contributed by atoms with Crippen LogP contribution in [0.3, 0.4) is 0 Å². The summed E-state index contributed by atoms with van der Waals surface area (Å²) >= 11 is 11.5. The van der Waals surface area contributed by atoms with Crippen molar-refractivity contribution in [1.82, 2.24) is 0 Å². The van der Waals surface area contributed by atoms with Gasteiger partial charge in [0.1, 0.15) is 11.6 Å². The molecule has 0 amide bonds. The largest absolute Gasteiger partial charge is 0.534 e. The van der Waals surface area contributed by atoms with E-state index in [4.69, 9.17) is 23.2 Å². The van der Waals surface area contributed by atoms with Crippen LogP contribution in [0, 0.1) is 18.6 Å². The molecule has 552 valence electrons. The first-order valence-corrected chi connectivity index (χ1v) is 42.2. The van der Waals surface area contributed by atoms with Gasteiger partial charge in [-0.2, -0.15) is 21.6 Å². The molecule has 0 aliphatic carbocycles. The molecule has 0 radical (unpaired) electrons. The average molecular weight is 1680 g/mol. The maximum absolute atomic E-state index is 13.3. The topological polar surface area (TPSA) is 43.4 Å². The molecule has 0 aliphatic rings. The minimum Gasteiger partial charge on any atom is -0.375 e. The molecule has 0 atom stereocenters. The molecule has 16 rings (SSSR count).